The number of aromatic nitrogens is 1. The first kappa shape index (κ1) is 24.4. The Balaban J connectivity index is 2.03. The summed E-state index contributed by atoms with van der Waals surface area (Å²) in [5.41, 5.74) is 3.31. The van der Waals surface area contributed by atoms with E-state index in [0.29, 0.717) is 10.6 Å². The molecule has 0 saturated carbocycles. The van der Waals surface area contributed by atoms with Crippen molar-refractivity contribution in [3.05, 3.63) is 70.4 Å². The topological polar surface area (TPSA) is 87.6 Å². The van der Waals surface area contributed by atoms with Crippen molar-refractivity contribution in [2.24, 2.45) is 0 Å². The summed E-state index contributed by atoms with van der Waals surface area (Å²) in [5, 5.41) is 9.43. The minimum Gasteiger partial charge on any atom is -0.481 e. The highest BCUT2D eigenvalue weighted by atomic mass is 35.5. The van der Waals surface area contributed by atoms with Gasteiger partial charge in [-0.2, -0.15) is 4.31 Å². The van der Waals surface area contributed by atoms with E-state index >= 15 is 0 Å². The lowest BCUT2D eigenvalue weighted by molar-refractivity contribution is -0.137. The maximum atomic E-state index is 13.7. The number of rotatable bonds is 9. The van der Waals surface area contributed by atoms with Crippen LogP contribution in [0.1, 0.15) is 42.5 Å². The number of hydrogen-bond donors (Lipinski definition) is 1. The third kappa shape index (κ3) is 5.20. The number of nitrogens with zero attached hydrogens (tertiary/aromatic N) is 2. The highest BCUT2D eigenvalue weighted by molar-refractivity contribution is 7.89. The van der Waals surface area contributed by atoms with Crippen molar-refractivity contribution in [2.75, 3.05) is 6.54 Å². The van der Waals surface area contributed by atoms with Gasteiger partial charge >= 0.3 is 5.97 Å². The molecule has 2 aromatic carbocycles. The first-order valence-corrected chi connectivity index (χ1v) is 12.7. The van der Waals surface area contributed by atoms with Gasteiger partial charge in [-0.15, -0.1) is 0 Å². The number of aryl methyl sites for hydroxylation is 1. The molecule has 0 aliphatic carbocycles. The molecule has 32 heavy (non-hydrogen) atoms. The summed E-state index contributed by atoms with van der Waals surface area (Å²) in [6.45, 7) is 5.55. The normalized spacial score (nSPS) is 12.8. The van der Waals surface area contributed by atoms with Crippen LogP contribution in [0, 0.1) is 13.8 Å². The van der Waals surface area contributed by atoms with Crippen LogP contribution in [0.2, 0.25) is 5.02 Å². The van der Waals surface area contributed by atoms with Gasteiger partial charge in [0.05, 0.1) is 9.77 Å². The largest absolute Gasteiger partial charge is 0.481 e. The minimum atomic E-state index is -3.93. The summed E-state index contributed by atoms with van der Waals surface area (Å²) in [6.07, 6.45) is 1.89. The predicted molar refractivity (Wildman–Crippen MR) is 128 cm³/mol. The van der Waals surface area contributed by atoms with Crippen molar-refractivity contribution >= 4 is 39.1 Å². The van der Waals surface area contributed by atoms with Crippen LogP contribution in [-0.4, -0.2) is 34.7 Å². The van der Waals surface area contributed by atoms with Gasteiger partial charge in [-0.05, 0) is 79.2 Å². The monoisotopic (exact) mass is 492 g/mol. The first-order valence-electron chi connectivity index (χ1n) is 10.1. The van der Waals surface area contributed by atoms with Crippen molar-refractivity contribution in [3.8, 4) is 10.4 Å². The summed E-state index contributed by atoms with van der Waals surface area (Å²) < 4.78 is 32.9. The quantitative estimate of drug-likeness (QED) is 0.414. The summed E-state index contributed by atoms with van der Waals surface area (Å²) in [6, 6.07) is 12.0. The molecule has 1 heterocycles. The lowest BCUT2D eigenvalue weighted by Crippen LogP contribution is -2.35. The number of hydrogen-bond acceptors (Lipinski definition) is 5. The molecule has 0 aliphatic rings. The van der Waals surface area contributed by atoms with Crippen LogP contribution < -0.4 is 0 Å². The van der Waals surface area contributed by atoms with E-state index in [1.807, 2.05) is 38.1 Å². The average molecular weight is 493 g/mol. The zero-order chi connectivity index (χ0) is 23.5. The summed E-state index contributed by atoms with van der Waals surface area (Å²) in [7, 11) is -3.93. The molecule has 0 aliphatic heterocycles. The maximum Gasteiger partial charge on any atom is 0.303 e. The van der Waals surface area contributed by atoms with E-state index in [-0.39, 0.29) is 24.3 Å². The Labute approximate surface area is 197 Å². The van der Waals surface area contributed by atoms with Gasteiger partial charge in [0, 0.05) is 30.2 Å². The van der Waals surface area contributed by atoms with Crippen molar-refractivity contribution < 1.29 is 18.3 Å². The Morgan fingerprint density at radius 2 is 1.94 bits per heavy atom. The molecule has 0 fully saturated rings. The highest BCUT2D eigenvalue weighted by Crippen LogP contribution is 2.34. The molecule has 1 atom stereocenters. The second kappa shape index (κ2) is 10.1. The Hall–Kier alpha value is -2.26. The van der Waals surface area contributed by atoms with Crippen molar-refractivity contribution in [1.82, 2.24) is 8.68 Å². The van der Waals surface area contributed by atoms with Crippen LogP contribution >= 0.6 is 23.1 Å². The third-order valence-electron chi connectivity index (χ3n) is 5.39. The summed E-state index contributed by atoms with van der Waals surface area (Å²) in [5.74, 6) is -0.961. The van der Waals surface area contributed by atoms with Crippen LogP contribution in [0.3, 0.4) is 0 Å². The standard InChI is InChI=1S/C23H25ClN2O4S2/c1-15-14-25-31-23(15)19-8-4-7-18(13-19)17(3)26(12-6-11-22(27)28)32(29,30)21-10-5-9-20(24)16(21)2/h4-5,7-10,13-14,17H,6,11-12H2,1-3H3,(H,27,28). The fourth-order valence-corrected chi connectivity index (χ4v) is 6.46. The van der Waals surface area contributed by atoms with Gasteiger partial charge in [-0.25, -0.2) is 12.8 Å². The zero-order valence-corrected chi connectivity index (χ0v) is 20.5. The molecule has 0 saturated heterocycles. The molecule has 6 nitrogen and oxygen atoms in total. The molecule has 1 aromatic heterocycles. The number of carbonyl (C=O) groups is 1. The van der Waals surface area contributed by atoms with Crippen molar-refractivity contribution in [3.63, 3.8) is 0 Å². The van der Waals surface area contributed by atoms with Gasteiger partial charge in [-0.1, -0.05) is 35.9 Å². The molecule has 3 rings (SSSR count). The molecule has 0 spiro atoms. The highest BCUT2D eigenvalue weighted by Gasteiger charge is 2.31. The van der Waals surface area contributed by atoms with Gasteiger partial charge in [0.15, 0.2) is 0 Å². The predicted octanol–water partition coefficient (Wildman–Crippen LogP) is 5.70. The summed E-state index contributed by atoms with van der Waals surface area (Å²) >= 11 is 7.59. The summed E-state index contributed by atoms with van der Waals surface area (Å²) in [4.78, 5) is 12.2. The van der Waals surface area contributed by atoms with Crippen molar-refractivity contribution in [1.29, 1.82) is 0 Å². The zero-order valence-electron chi connectivity index (χ0n) is 18.1. The van der Waals surface area contributed by atoms with E-state index in [1.165, 1.54) is 21.9 Å². The van der Waals surface area contributed by atoms with E-state index in [1.54, 1.807) is 25.3 Å². The Morgan fingerprint density at radius 3 is 2.59 bits per heavy atom. The van der Waals surface area contributed by atoms with Crippen LogP contribution in [0.25, 0.3) is 10.4 Å². The number of benzene rings is 2. The van der Waals surface area contributed by atoms with Crippen molar-refractivity contribution in [2.45, 2.75) is 44.6 Å². The molecular formula is C23H25ClN2O4S2. The minimum absolute atomic E-state index is 0.0750. The lowest BCUT2D eigenvalue weighted by atomic mass is 10.0. The molecule has 1 unspecified atom stereocenters. The van der Waals surface area contributed by atoms with E-state index in [0.717, 1.165) is 21.6 Å². The lowest BCUT2D eigenvalue weighted by Gasteiger charge is -2.29. The van der Waals surface area contributed by atoms with Crippen LogP contribution in [0.5, 0.6) is 0 Å². The number of halogens is 1. The second-order valence-corrected chi connectivity index (χ2v) is 10.7. The first-order chi connectivity index (χ1) is 15.1. The van der Waals surface area contributed by atoms with E-state index in [2.05, 4.69) is 4.37 Å². The van der Waals surface area contributed by atoms with Gasteiger partial charge in [0.2, 0.25) is 10.0 Å². The molecule has 170 valence electrons. The molecule has 0 amide bonds. The van der Waals surface area contributed by atoms with E-state index in [4.69, 9.17) is 16.7 Å². The molecular weight excluding hydrogens is 468 g/mol. The van der Waals surface area contributed by atoms with Gasteiger partial charge in [0.1, 0.15) is 0 Å². The number of sulfonamides is 1. The number of carboxylic acid groups (broad SMARTS) is 1. The fourth-order valence-electron chi connectivity index (χ4n) is 3.58. The molecule has 9 heteroatoms. The van der Waals surface area contributed by atoms with E-state index in [9.17, 15) is 13.2 Å². The van der Waals surface area contributed by atoms with Gasteiger partial charge in [0.25, 0.3) is 0 Å². The maximum absolute atomic E-state index is 13.7. The fraction of sp³-hybridized carbons (Fsp3) is 0.304. The smallest absolute Gasteiger partial charge is 0.303 e. The molecule has 0 bridgehead atoms. The number of carboxylic acids is 1. The SMILES string of the molecule is Cc1cnsc1-c1cccc(C(C)N(CCCC(=O)O)S(=O)(=O)c2cccc(Cl)c2C)c1. The van der Waals surface area contributed by atoms with Gasteiger partial charge < -0.3 is 5.11 Å². The van der Waals surface area contributed by atoms with Crippen LogP contribution in [-0.2, 0) is 14.8 Å². The Bertz CT molecular complexity index is 1220. The second-order valence-electron chi connectivity index (χ2n) is 7.62. The van der Waals surface area contributed by atoms with E-state index < -0.39 is 22.0 Å². The Kier molecular flexibility index (Phi) is 7.71. The molecule has 3 aromatic rings. The molecule has 0 radical (unpaired) electrons. The Morgan fingerprint density at radius 1 is 1.22 bits per heavy atom. The van der Waals surface area contributed by atoms with Crippen LogP contribution in [0.4, 0.5) is 0 Å². The molecule has 1 N–H and O–H groups in total. The van der Waals surface area contributed by atoms with Crippen LogP contribution in [0.15, 0.2) is 53.6 Å². The van der Waals surface area contributed by atoms with Gasteiger partial charge in [-0.3, -0.25) is 4.79 Å². The number of aliphatic carboxylic acids is 1. The average Bonchev–Trinajstić information content (AvgIpc) is 3.18. The third-order valence-corrected chi connectivity index (χ3v) is 8.86.